The molecule has 2 fully saturated rings. The van der Waals surface area contributed by atoms with Crippen molar-refractivity contribution in [3.05, 3.63) is 30.3 Å². The van der Waals surface area contributed by atoms with E-state index in [0.29, 0.717) is 0 Å². The van der Waals surface area contributed by atoms with E-state index >= 15 is 0 Å². The van der Waals surface area contributed by atoms with Gasteiger partial charge in [0.25, 0.3) is 0 Å². The maximum absolute atomic E-state index is 12.4. The van der Waals surface area contributed by atoms with Crippen molar-refractivity contribution in [2.24, 2.45) is 4.99 Å². The summed E-state index contributed by atoms with van der Waals surface area (Å²) in [6.07, 6.45) is 3.08. The number of guanidine groups is 1. The van der Waals surface area contributed by atoms with Crippen molar-refractivity contribution < 1.29 is 4.79 Å². The van der Waals surface area contributed by atoms with Gasteiger partial charge in [0.15, 0.2) is 5.96 Å². The zero-order chi connectivity index (χ0) is 21.3. The van der Waals surface area contributed by atoms with Crippen LogP contribution in [-0.4, -0.2) is 99.1 Å². The van der Waals surface area contributed by atoms with Crippen LogP contribution in [0.2, 0.25) is 0 Å². The predicted molar refractivity (Wildman–Crippen MR) is 140 cm³/mol. The molecule has 1 atom stereocenters. The number of rotatable bonds is 7. The first-order valence-corrected chi connectivity index (χ1v) is 11.4. The number of carbonyl (C=O) groups is 1. The van der Waals surface area contributed by atoms with Crippen LogP contribution in [0, 0.1) is 0 Å². The number of halogens is 1. The van der Waals surface area contributed by atoms with Crippen molar-refractivity contribution in [1.82, 2.24) is 20.0 Å². The third kappa shape index (κ3) is 7.24. The van der Waals surface area contributed by atoms with Crippen LogP contribution in [0.4, 0.5) is 5.69 Å². The Labute approximate surface area is 204 Å². The van der Waals surface area contributed by atoms with E-state index in [0.717, 1.165) is 77.6 Å². The predicted octanol–water partition coefficient (Wildman–Crippen LogP) is 2.33. The van der Waals surface area contributed by atoms with Gasteiger partial charge in [0, 0.05) is 65.6 Å². The van der Waals surface area contributed by atoms with Crippen LogP contribution in [-0.2, 0) is 4.79 Å². The van der Waals surface area contributed by atoms with Crippen LogP contribution in [0.15, 0.2) is 35.3 Å². The second-order valence-corrected chi connectivity index (χ2v) is 8.33. The van der Waals surface area contributed by atoms with Gasteiger partial charge in [-0.2, -0.15) is 0 Å². The summed E-state index contributed by atoms with van der Waals surface area (Å²) in [5, 5.41) is 3.46. The number of amides is 1. The Hall–Kier alpha value is -1.55. The third-order valence-electron chi connectivity index (χ3n) is 5.99. The smallest absolute Gasteiger partial charge is 0.239 e. The zero-order valence-corrected chi connectivity index (χ0v) is 21.6. The molecule has 0 radical (unpaired) electrons. The lowest BCUT2D eigenvalue weighted by Crippen LogP contribution is -2.52. The lowest BCUT2D eigenvalue weighted by atomic mass is 10.2. The SMILES string of the molecule is CCNC(=NCCCN1CCCC1C(=O)N(C)C)N1CCN(c2ccccc2)CC1.I. The van der Waals surface area contributed by atoms with E-state index in [9.17, 15) is 4.79 Å². The summed E-state index contributed by atoms with van der Waals surface area (Å²) < 4.78 is 0. The van der Waals surface area contributed by atoms with E-state index in [-0.39, 0.29) is 35.9 Å². The molecule has 0 aliphatic carbocycles. The molecule has 0 bridgehead atoms. The van der Waals surface area contributed by atoms with Crippen LogP contribution in [0.1, 0.15) is 26.2 Å². The molecule has 7 nitrogen and oxygen atoms in total. The first kappa shape index (κ1) is 25.7. The highest BCUT2D eigenvalue weighted by atomic mass is 127. The highest BCUT2D eigenvalue weighted by molar-refractivity contribution is 14.0. The molecule has 1 aromatic carbocycles. The number of nitrogens with one attached hydrogen (secondary N) is 1. The quantitative estimate of drug-likeness (QED) is 0.248. The lowest BCUT2D eigenvalue weighted by Gasteiger charge is -2.37. The van der Waals surface area contributed by atoms with Crippen molar-refractivity contribution in [2.75, 3.05) is 71.4 Å². The molecule has 8 heteroatoms. The van der Waals surface area contributed by atoms with Gasteiger partial charge in [-0.25, -0.2) is 0 Å². The van der Waals surface area contributed by atoms with Crippen LogP contribution >= 0.6 is 24.0 Å². The molecule has 0 spiro atoms. The summed E-state index contributed by atoms with van der Waals surface area (Å²) in [7, 11) is 3.70. The van der Waals surface area contributed by atoms with Gasteiger partial charge in [0.1, 0.15) is 0 Å². The van der Waals surface area contributed by atoms with Crippen molar-refractivity contribution >= 4 is 41.5 Å². The molecule has 2 heterocycles. The number of anilines is 1. The topological polar surface area (TPSA) is 54.4 Å². The fourth-order valence-electron chi connectivity index (χ4n) is 4.37. The third-order valence-corrected chi connectivity index (χ3v) is 5.99. The first-order valence-electron chi connectivity index (χ1n) is 11.4. The van der Waals surface area contributed by atoms with E-state index in [1.807, 2.05) is 14.1 Å². The average Bonchev–Trinajstić information content (AvgIpc) is 3.24. The van der Waals surface area contributed by atoms with Crippen molar-refractivity contribution in [2.45, 2.75) is 32.2 Å². The molecule has 2 saturated heterocycles. The van der Waals surface area contributed by atoms with Crippen LogP contribution in [0.3, 0.4) is 0 Å². The number of benzene rings is 1. The molecule has 1 aromatic rings. The Morgan fingerprint density at radius 1 is 1.13 bits per heavy atom. The molecule has 1 unspecified atom stereocenters. The van der Waals surface area contributed by atoms with Gasteiger partial charge >= 0.3 is 0 Å². The highest BCUT2D eigenvalue weighted by Crippen LogP contribution is 2.19. The molecule has 31 heavy (non-hydrogen) atoms. The van der Waals surface area contributed by atoms with Gasteiger partial charge in [0.2, 0.25) is 5.91 Å². The molecule has 0 aromatic heterocycles. The maximum atomic E-state index is 12.4. The largest absolute Gasteiger partial charge is 0.368 e. The van der Waals surface area contributed by atoms with Crippen molar-refractivity contribution in [3.8, 4) is 0 Å². The Balaban J connectivity index is 0.00000341. The van der Waals surface area contributed by atoms with Gasteiger partial charge in [-0.1, -0.05) is 18.2 Å². The number of para-hydroxylation sites is 1. The lowest BCUT2D eigenvalue weighted by molar-refractivity contribution is -0.133. The number of hydrogen-bond donors (Lipinski definition) is 1. The Morgan fingerprint density at radius 3 is 2.48 bits per heavy atom. The number of aliphatic imine (C=N–C) groups is 1. The average molecular weight is 543 g/mol. The number of likely N-dealkylation sites (N-methyl/N-ethyl adjacent to an activating group) is 1. The van der Waals surface area contributed by atoms with E-state index in [2.05, 4.69) is 57.3 Å². The molecular weight excluding hydrogens is 503 g/mol. The minimum Gasteiger partial charge on any atom is -0.368 e. The standard InChI is InChI=1S/C23H38N6O.HI/c1-4-24-23(29-18-16-27(17-19-29)20-10-6-5-7-11-20)25-13-9-15-28-14-8-12-21(28)22(30)26(2)3;/h5-7,10-11,21H,4,8-9,12-19H2,1-3H3,(H,24,25);1H. The fourth-order valence-corrected chi connectivity index (χ4v) is 4.37. The van der Waals surface area contributed by atoms with E-state index in [1.165, 1.54) is 5.69 Å². The second kappa shape index (κ2) is 13.1. The number of carbonyl (C=O) groups excluding carboxylic acids is 1. The van der Waals surface area contributed by atoms with Gasteiger partial charge in [0.05, 0.1) is 6.04 Å². The van der Waals surface area contributed by atoms with Gasteiger partial charge in [-0.05, 0) is 44.9 Å². The van der Waals surface area contributed by atoms with E-state index in [4.69, 9.17) is 4.99 Å². The molecular formula is C23H39IN6O. The van der Waals surface area contributed by atoms with Crippen molar-refractivity contribution in [3.63, 3.8) is 0 Å². The summed E-state index contributed by atoms with van der Waals surface area (Å²) in [6.45, 7) is 9.73. The Morgan fingerprint density at radius 2 is 1.84 bits per heavy atom. The number of piperazine rings is 1. The molecule has 1 amide bonds. The number of hydrogen-bond acceptors (Lipinski definition) is 4. The van der Waals surface area contributed by atoms with Gasteiger partial charge in [-0.3, -0.25) is 14.7 Å². The van der Waals surface area contributed by atoms with E-state index < -0.39 is 0 Å². The minimum atomic E-state index is 0. The Bertz CT molecular complexity index is 691. The van der Waals surface area contributed by atoms with Crippen molar-refractivity contribution in [1.29, 1.82) is 0 Å². The maximum Gasteiger partial charge on any atom is 0.239 e. The summed E-state index contributed by atoms with van der Waals surface area (Å²) in [5.74, 6) is 1.26. The molecule has 3 rings (SSSR count). The van der Waals surface area contributed by atoms with Crippen LogP contribution in [0.25, 0.3) is 0 Å². The monoisotopic (exact) mass is 542 g/mol. The summed E-state index contributed by atoms with van der Waals surface area (Å²) in [5.41, 5.74) is 1.30. The molecule has 1 N–H and O–H groups in total. The van der Waals surface area contributed by atoms with E-state index in [1.54, 1.807) is 4.90 Å². The minimum absolute atomic E-state index is 0. The number of likely N-dealkylation sites (tertiary alicyclic amines) is 1. The summed E-state index contributed by atoms with van der Waals surface area (Å²) in [4.78, 5) is 26.1. The molecule has 2 aliphatic rings. The number of nitrogens with zero attached hydrogens (tertiary/aromatic N) is 5. The van der Waals surface area contributed by atoms with Crippen LogP contribution in [0.5, 0.6) is 0 Å². The summed E-state index contributed by atoms with van der Waals surface area (Å²) >= 11 is 0. The Kier molecular flexibility index (Phi) is 10.9. The fraction of sp³-hybridized carbons (Fsp3) is 0.652. The molecule has 0 saturated carbocycles. The second-order valence-electron chi connectivity index (χ2n) is 8.33. The zero-order valence-electron chi connectivity index (χ0n) is 19.3. The normalized spacial score (nSPS) is 19.8. The highest BCUT2D eigenvalue weighted by Gasteiger charge is 2.31. The van der Waals surface area contributed by atoms with Gasteiger partial charge in [-0.15, -0.1) is 24.0 Å². The van der Waals surface area contributed by atoms with Crippen LogP contribution < -0.4 is 10.2 Å². The molecule has 174 valence electrons. The molecule has 2 aliphatic heterocycles. The van der Waals surface area contributed by atoms with Gasteiger partial charge < -0.3 is 20.0 Å². The summed E-state index contributed by atoms with van der Waals surface area (Å²) in [6, 6.07) is 10.7. The first-order chi connectivity index (χ1) is 14.6.